The molecule has 8 heteroatoms. The summed E-state index contributed by atoms with van der Waals surface area (Å²) >= 11 is 1.73. The molecule has 2 amide bonds. The molecule has 5 rings (SSSR count). The Morgan fingerprint density at radius 2 is 1.70 bits per heavy atom. The maximum atomic E-state index is 13.2. The number of benzene rings is 3. The lowest BCUT2D eigenvalue weighted by atomic mass is 10.1. The zero-order valence-corrected chi connectivity index (χ0v) is 22.0. The SMILES string of the molecule is COc1ccc(N2CCN(C(=O)c3ccc4c(c3)NC(=O)[C@@H](CSCc3ccc(C)cc3)N4)CC2)cc1. The van der Waals surface area contributed by atoms with Crippen molar-refractivity contribution in [3.05, 3.63) is 83.4 Å². The number of fused-ring (bicyclic) bond motifs is 1. The van der Waals surface area contributed by atoms with Crippen molar-refractivity contribution in [2.75, 3.05) is 54.6 Å². The van der Waals surface area contributed by atoms with Crippen LogP contribution in [-0.4, -0.2) is 61.8 Å². The first-order valence-electron chi connectivity index (χ1n) is 12.5. The lowest BCUT2D eigenvalue weighted by molar-refractivity contribution is -0.116. The first kappa shape index (κ1) is 25.0. The predicted molar refractivity (Wildman–Crippen MR) is 151 cm³/mol. The van der Waals surface area contributed by atoms with E-state index in [2.05, 4.69) is 46.7 Å². The van der Waals surface area contributed by atoms with Gasteiger partial charge in [-0.25, -0.2) is 0 Å². The second kappa shape index (κ2) is 11.2. The maximum Gasteiger partial charge on any atom is 0.254 e. The summed E-state index contributed by atoms with van der Waals surface area (Å²) in [5.74, 6) is 2.28. The van der Waals surface area contributed by atoms with Gasteiger partial charge < -0.3 is 25.2 Å². The summed E-state index contributed by atoms with van der Waals surface area (Å²) in [6, 6.07) is 21.7. The van der Waals surface area contributed by atoms with Gasteiger partial charge in [0.15, 0.2) is 0 Å². The highest BCUT2D eigenvalue weighted by Gasteiger charge is 2.28. The molecule has 0 saturated carbocycles. The quantitative estimate of drug-likeness (QED) is 0.477. The van der Waals surface area contributed by atoms with E-state index in [1.54, 1.807) is 24.9 Å². The van der Waals surface area contributed by atoms with Gasteiger partial charge in [-0.1, -0.05) is 29.8 Å². The number of thioether (sulfide) groups is 1. The van der Waals surface area contributed by atoms with Crippen molar-refractivity contribution in [2.45, 2.75) is 18.7 Å². The van der Waals surface area contributed by atoms with Crippen molar-refractivity contribution in [1.29, 1.82) is 0 Å². The van der Waals surface area contributed by atoms with E-state index in [9.17, 15) is 9.59 Å². The molecule has 0 radical (unpaired) electrons. The molecule has 192 valence electrons. The van der Waals surface area contributed by atoms with Gasteiger partial charge in [-0.15, -0.1) is 0 Å². The van der Waals surface area contributed by atoms with Crippen molar-refractivity contribution in [1.82, 2.24) is 4.90 Å². The molecule has 0 aliphatic carbocycles. The number of hydrogen-bond donors (Lipinski definition) is 2. The summed E-state index contributed by atoms with van der Waals surface area (Å²) in [5.41, 5.74) is 5.72. The average molecular weight is 517 g/mol. The highest BCUT2D eigenvalue weighted by Crippen LogP contribution is 2.30. The van der Waals surface area contributed by atoms with Gasteiger partial charge in [0.25, 0.3) is 5.91 Å². The largest absolute Gasteiger partial charge is 0.497 e. The Morgan fingerprint density at radius 3 is 2.41 bits per heavy atom. The monoisotopic (exact) mass is 516 g/mol. The second-order valence-corrected chi connectivity index (χ2v) is 10.5. The van der Waals surface area contributed by atoms with Crippen LogP contribution in [-0.2, 0) is 10.5 Å². The van der Waals surface area contributed by atoms with Crippen molar-refractivity contribution < 1.29 is 14.3 Å². The number of carbonyl (C=O) groups is 2. The minimum atomic E-state index is -0.310. The third-order valence-electron chi connectivity index (χ3n) is 6.85. The van der Waals surface area contributed by atoms with Crippen LogP contribution in [0.3, 0.4) is 0 Å². The van der Waals surface area contributed by atoms with Gasteiger partial charge in [0.05, 0.1) is 18.5 Å². The van der Waals surface area contributed by atoms with Gasteiger partial charge >= 0.3 is 0 Å². The Bertz CT molecular complexity index is 1260. The summed E-state index contributed by atoms with van der Waals surface area (Å²) in [6.45, 7) is 4.90. The van der Waals surface area contributed by atoms with E-state index in [1.165, 1.54) is 11.1 Å². The van der Waals surface area contributed by atoms with E-state index >= 15 is 0 Å². The van der Waals surface area contributed by atoms with Crippen molar-refractivity contribution in [3.8, 4) is 5.75 Å². The number of ether oxygens (including phenoxy) is 1. The summed E-state index contributed by atoms with van der Waals surface area (Å²) in [7, 11) is 1.66. The number of nitrogens with one attached hydrogen (secondary N) is 2. The molecule has 1 saturated heterocycles. The Kier molecular flexibility index (Phi) is 7.55. The minimum Gasteiger partial charge on any atom is -0.497 e. The zero-order chi connectivity index (χ0) is 25.8. The van der Waals surface area contributed by atoms with E-state index < -0.39 is 0 Å². The number of anilines is 3. The van der Waals surface area contributed by atoms with Gasteiger partial charge in [0.1, 0.15) is 11.8 Å². The van der Waals surface area contributed by atoms with E-state index in [1.807, 2.05) is 41.3 Å². The minimum absolute atomic E-state index is 0.0118. The molecule has 37 heavy (non-hydrogen) atoms. The Balaban J connectivity index is 1.15. The van der Waals surface area contributed by atoms with Crippen LogP contribution >= 0.6 is 11.8 Å². The molecule has 7 nitrogen and oxygen atoms in total. The molecule has 0 unspecified atom stereocenters. The standard InChI is InChI=1S/C29H32N4O3S/c1-20-3-5-21(6-4-20)18-37-19-27-28(34)31-26-17-22(7-12-25(26)30-27)29(35)33-15-13-32(14-16-33)23-8-10-24(36-2)11-9-23/h3-12,17,27,30H,13-16,18-19H2,1-2H3,(H,31,34)/t27-/m1/s1. The fourth-order valence-corrected chi connectivity index (χ4v) is 5.64. The second-order valence-electron chi connectivity index (χ2n) is 9.42. The molecule has 3 aromatic rings. The van der Waals surface area contributed by atoms with Crippen molar-refractivity contribution in [2.24, 2.45) is 0 Å². The van der Waals surface area contributed by atoms with Gasteiger partial charge in [-0.2, -0.15) is 11.8 Å². The van der Waals surface area contributed by atoms with E-state index in [-0.39, 0.29) is 17.9 Å². The lowest BCUT2D eigenvalue weighted by Gasteiger charge is -2.36. The lowest BCUT2D eigenvalue weighted by Crippen LogP contribution is -2.48. The summed E-state index contributed by atoms with van der Waals surface area (Å²) in [5, 5.41) is 6.34. The number of aryl methyl sites for hydroxylation is 1. The van der Waals surface area contributed by atoms with Gasteiger partial charge in [0, 0.05) is 48.9 Å². The first-order valence-corrected chi connectivity index (χ1v) is 13.7. The van der Waals surface area contributed by atoms with Crippen LogP contribution in [0.5, 0.6) is 5.75 Å². The normalized spacial score (nSPS) is 17.0. The number of hydrogen-bond acceptors (Lipinski definition) is 6. The number of piperazine rings is 1. The Labute approximate surface area is 222 Å². The molecule has 2 N–H and O–H groups in total. The fraction of sp³-hybridized carbons (Fsp3) is 0.310. The molecule has 0 aromatic heterocycles. The van der Waals surface area contributed by atoms with E-state index in [4.69, 9.17) is 4.74 Å². The fourth-order valence-electron chi connectivity index (χ4n) is 4.62. The molecular weight excluding hydrogens is 484 g/mol. The van der Waals surface area contributed by atoms with Crippen LogP contribution in [0.15, 0.2) is 66.7 Å². The third-order valence-corrected chi connectivity index (χ3v) is 7.96. The summed E-state index contributed by atoms with van der Waals surface area (Å²) in [4.78, 5) is 30.1. The topological polar surface area (TPSA) is 73.9 Å². The van der Waals surface area contributed by atoms with Crippen LogP contribution in [0.1, 0.15) is 21.5 Å². The molecule has 2 aliphatic rings. The number of amides is 2. The highest BCUT2D eigenvalue weighted by atomic mass is 32.2. The van der Waals surface area contributed by atoms with Crippen LogP contribution in [0.4, 0.5) is 17.1 Å². The van der Waals surface area contributed by atoms with Crippen LogP contribution < -0.4 is 20.3 Å². The molecule has 2 heterocycles. The molecular formula is C29H32N4O3S. The third kappa shape index (κ3) is 5.85. The Hall–Kier alpha value is -3.65. The highest BCUT2D eigenvalue weighted by molar-refractivity contribution is 7.98. The average Bonchev–Trinajstić information content (AvgIpc) is 2.94. The maximum absolute atomic E-state index is 13.2. The smallest absolute Gasteiger partial charge is 0.254 e. The van der Waals surface area contributed by atoms with Crippen molar-refractivity contribution in [3.63, 3.8) is 0 Å². The van der Waals surface area contributed by atoms with Gasteiger partial charge in [-0.3, -0.25) is 9.59 Å². The van der Waals surface area contributed by atoms with E-state index in [0.29, 0.717) is 30.1 Å². The molecule has 2 aliphatic heterocycles. The number of nitrogens with zero attached hydrogens (tertiary/aromatic N) is 2. The van der Waals surface area contributed by atoms with Crippen molar-refractivity contribution >= 4 is 40.6 Å². The molecule has 3 aromatic carbocycles. The van der Waals surface area contributed by atoms with Crippen LogP contribution in [0.2, 0.25) is 0 Å². The summed E-state index contributed by atoms with van der Waals surface area (Å²) in [6.07, 6.45) is 0. The van der Waals surface area contributed by atoms with Gasteiger partial charge in [-0.05, 0) is 55.0 Å². The zero-order valence-electron chi connectivity index (χ0n) is 21.2. The van der Waals surface area contributed by atoms with Crippen LogP contribution in [0.25, 0.3) is 0 Å². The number of carbonyl (C=O) groups excluding carboxylic acids is 2. The molecule has 0 bridgehead atoms. The number of methoxy groups -OCH3 is 1. The molecule has 1 fully saturated rings. The van der Waals surface area contributed by atoms with Gasteiger partial charge in [0.2, 0.25) is 5.91 Å². The summed E-state index contributed by atoms with van der Waals surface area (Å²) < 4.78 is 5.24. The predicted octanol–water partition coefficient (Wildman–Crippen LogP) is 4.63. The molecule has 0 spiro atoms. The van der Waals surface area contributed by atoms with E-state index in [0.717, 1.165) is 36.0 Å². The van der Waals surface area contributed by atoms with Crippen LogP contribution in [0, 0.1) is 6.92 Å². The molecule has 1 atom stereocenters. The first-order chi connectivity index (χ1) is 18.0. The number of rotatable bonds is 7. The Morgan fingerprint density at radius 1 is 0.973 bits per heavy atom.